The topological polar surface area (TPSA) is 67.9 Å². The first-order valence-electron chi connectivity index (χ1n) is 7.68. The van der Waals surface area contributed by atoms with Gasteiger partial charge in [0.05, 0.1) is 4.90 Å². The number of halogens is 1. The van der Waals surface area contributed by atoms with Crippen molar-refractivity contribution in [2.75, 3.05) is 27.4 Å². The fourth-order valence-electron chi connectivity index (χ4n) is 2.60. The lowest BCUT2D eigenvalue weighted by Crippen LogP contribution is -2.34. The second kappa shape index (κ2) is 7.21. The molecule has 8 heteroatoms. The van der Waals surface area contributed by atoms with Crippen molar-refractivity contribution < 1.29 is 17.9 Å². The van der Waals surface area contributed by atoms with E-state index in [2.05, 4.69) is 4.72 Å². The number of sulfonamides is 1. The van der Waals surface area contributed by atoms with E-state index in [0.717, 1.165) is 5.56 Å². The van der Waals surface area contributed by atoms with Crippen molar-refractivity contribution in [2.45, 2.75) is 10.9 Å². The molecule has 0 fully saturated rings. The highest BCUT2D eigenvalue weighted by molar-refractivity contribution is 7.89. The third-order valence-corrected chi connectivity index (χ3v) is 5.69. The number of likely N-dealkylation sites (N-methyl/N-ethyl adjacent to an activating group) is 1. The minimum Gasteiger partial charge on any atom is -0.454 e. The Morgan fingerprint density at radius 1 is 1.12 bits per heavy atom. The Morgan fingerprint density at radius 2 is 1.80 bits per heavy atom. The predicted octanol–water partition coefficient (Wildman–Crippen LogP) is 2.65. The van der Waals surface area contributed by atoms with Crippen LogP contribution in [0.25, 0.3) is 0 Å². The number of hydrogen-bond acceptors (Lipinski definition) is 5. The van der Waals surface area contributed by atoms with Crippen LogP contribution in [0.3, 0.4) is 0 Å². The standard InChI is InChI=1S/C17H19ClN2O4S/c1-20(2)15(12-3-8-16-17(9-12)24-11-23-16)10-19-25(21,22)14-6-4-13(18)5-7-14/h3-9,15,19H,10-11H2,1-2H3/t15-/m1/s1. The Morgan fingerprint density at radius 3 is 2.48 bits per heavy atom. The maximum atomic E-state index is 12.5. The third kappa shape index (κ3) is 4.07. The Labute approximate surface area is 152 Å². The molecule has 134 valence electrons. The molecule has 1 N–H and O–H groups in total. The summed E-state index contributed by atoms with van der Waals surface area (Å²) in [6, 6.07) is 11.5. The summed E-state index contributed by atoms with van der Waals surface area (Å²) in [6.45, 7) is 0.423. The zero-order valence-electron chi connectivity index (χ0n) is 13.9. The normalized spacial score (nSPS) is 14.7. The number of fused-ring (bicyclic) bond motifs is 1. The van der Waals surface area contributed by atoms with Crippen LogP contribution in [0.1, 0.15) is 11.6 Å². The maximum Gasteiger partial charge on any atom is 0.240 e. The first kappa shape index (κ1) is 18.0. The summed E-state index contributed by atoms with van der Waals surface area (Å²) in [5, 5.41) is 0.491. The average molecular weight is 383 g/mol. The van der Waals surface area contributed by atoms with E-state index in [-0.39, 0.29) is 24.3 Å². The molecular formula is C17H19ClN2O4S. The van der Waals surface area contributed by atoms with Crippen LogP contribution in [0.5, 0.6) is 11.5 Å². The fourth-order valence-corrected chi connectivity index (χ4v) is 3.77. The molecule has 0 spiro atoms. The summed E-state index contributed by atoms with van der Waals surface area (Å²) in [5.74, 6) is 1.37. The molecule has 2 aromatic carbocycles. The Bertz CT molecular complexity index is 853. The highest BCUT2D eigenvalue weighted by atomic mass is 35.5. The highest BCUT2D eigenvalue weighted by Crippen LogP contribution is 2.35. The molecule has 0 radical (unpaired) electrons. The zero-order chi connectivity index (χ0) is 18.0. The van der Waals surface area contributed by atoms with Crippen molar-refractivity contribution in [3.8, 4) is 11.5 Å². The van der Waals surface area contributed by atoms with Gasteiger partial charge in [0.15, 0.2) is 11.5 Å². The van der Waals surface area contributed by atoms with Crippen LogP contribution in [0.2, 0.25) is 5.02 Å². The molecule has 1 heterocycles. The molecule has 2 aromatic rings. The lowest BCUT2D eigenvalue weighted by molar-refractivity contribution is 0.174. The molecule has 0 aromatic heterocycles. The average Bonchev–Trinajstić information content (AvgIpc) is 3.02. The van der Waals surface area contributed by atoms with E-state index in [9.17, 15) is 8.42 Å². The highest BCUT2D eigenvalue weighted by Gasteiger charge is 2.22. The van der Waals surface area contributed by atoms with Crippen LogP contribution in [0.4, 0.5) is 0 Å². The summed E-state index contributed by atoms with van der Waals surface area (Å²) >= 11 is 5.81. The third-order valence-electron chi connectivity index (χ3n) is 4.00. The van der Waals surface area contributed by atoms with Gasteiger partial charge < -0.3 is 14.4 Å². The number of rotatable bonds is 6. The molecule has 6 nitrogen and oxygen atoms in total. The van der Waals surface area contributed by atoms with Crippen LogP contribution in [-0.4, -0.2) is 40.8 Å². The fraction of sp³-hybridized carbons (Fsp3) is 0.294. The molecule has 0 bridgehead atoms. The van der Waals surface area contributed by atoms with E-state index in [0.29, 0.717) is 16.5 Å². The van der Waals surface area contributed by atoms with Gasteiger partial charge >= 0.3 is 0 Å². The first-order chi connectivity index (χ1) is 11.9. The minimum absolute atomic E-state index is 0.156. The van der Waals surface area contributed by atoms with Crippen molar-refractivity contribution in [1.82, 2.24) is 9.62 Å². The van der Waals surface area contributed by atoms with E-state index in [1.807, 2.05) is 37.2 Å². The summed E-state index contributed by atoms with van der Waals surface area (Å²) in [6.07, 6.45) is 0. The molecule has 25 heavy (non-hydrogen) atoms. The summed E-state index contributed by atoms with van der Waals surface area (Å²) in [7, 11) is 0.173. The number of nitrogens with one attached hydrogen (secondary N) is 1. The Balaban J connectivity index is 1.77. The van der Waals surface area contributed by atoms with Crippen LogP contribution in [-0.2, 0) is 10.0 Å². The van der Waals surface area contributed by atoms with Crippen molar-refractivity contribution in [3.63, 3.8) is 0 Å². The maximum absolute atomic E-state index is 12.5. The largest absolute Gasteiger partial charge is 0.454 e. The molecule has 0 unspecified atom stereocenters. The molecule has 1 atom stereocenters. The minimum atomic E-state index is -3.62. The molecule has 3 rings (SSSR count). The summed E-state index contributed by atoms with van der Waals surface area (Å²) < 4.78 is 38.3. The van der Waals surface area contributed by atoms with Crippen molar-refractivity contribution in [2.24, 2.45) is 0 Å². The van der Waals surface area contributed by atoms with Gasteiger partial charge in [0, 0.05) is 17.6 Å². The lowest BCUT2D eigenvalue weighted by atomic mass is 10.1. The second-order valence-corrected chi connectivity index (χ2v) is 8.10. The van der Waals surface area contributed by atoms with E-state index >= 15 is 0 Å². The van der Waals surface area contributed by atoms with Crippen LogP contribution >= 0.6 is 11.6 Å². The number of benzene rings is 2. The number of nitrogens with zero attached hydrogens (tertiary/aromatic N) is 1. The first-order valence-corrected chi connectivity index (χ1v) is 9.54. The zero-order valence-corrected chi connectivity index (χ0v) is 15.5. The smallest absolute Gasteiger partial charge is 0.240 e. The Hall–Kier alpha value is -1.80. The predicted molar refractivity (Wildman–Crippen MR) is 95.6 cm³/mol. The SMILES string of the molecule is CN(C)[C@H](CNS(=O)(=O)c1ccc(Cl)cc1)c1ccc2c(c1)OCO2. The van der Waals surface area contributed by atoms with Crippen molar-refractivity contribution in [1.29, 1.82) is 0 Å². The van der Waals surface area contributed by atoms with Gasteiger partial charge in [-0.1, -0.05) is 17.7 Å². The summed E-state index contributed by atoms with van der Waals surface area (Å²) in [5.41, 5.74) is 0.938. The monoisotopic (exact) mass is 382 g/mol. The van der Waals surface area contributed by atoms with Crippen molar-refractivity contribution in [3.05, 3.63) is 53.1 Å². The molecule has 1 aliphatic heterocycles. The van der Waals surface area contributed by atoms with E-state index in [1.165, 1.54) is 12.1 Å². The van der Waals surface area contributed by atoms with Crippen LogP contribution < -0.4 is 14.2 Å². The Kier molecular flexibility index (Phi) is 5.19. The van der Waals surface area contributed by atoms with E-state index in [1.54, 1.807) is 12.1 Å². The van der Waals surface area contributed by atoms with Crippen molar-refractivity contribution >= 4 is 21.6 Å². The molecular weight excluding hydrogens is 364 g/mol. The molecule has 0 amide bonds. The van der Waals surface area contributed by atoms with E-state index < -0.39 is 10.0 Å². The number of ether oxygens (including phenoxy) is 2. The van der Waals surface area contributed by atoms with Gasteiger partial charge in [-0.15, -0.1) is 0 Å². The van der Waals surface area contributed by atoms with Gasteiger partial charge in [0.1, 0.15) is 0 Å². The summed E-state index contributed by atoms with van der Waals surface area (Å²) in [4.78, 5) is 2.13. The van der Waals surface area contributed by atoms with Gasteiger partial charge in [-0.05, 0) is 56.1 Å². The second-order valence-electron chi connectivity index (χ2n) is 5.90. The molecule has 0 saturated heterocycles. The molecule has 0 aliphatic carbocycles. The van der Waals surface area contributed by atoms with Gasteiger partial charge in [0.2, 0.25) is 16.8 Å². The molecule has 0 saturated carbocycles. The quantitative estimate of drug-likeness (QED) is 0.831. The lowest BCUT2D eigenvalue weighted by Gasteiger charge is -2.25. The van der Waals surface area contributed by atoms with Gasteiger partial charge in [-0.2, -0.15) is 0 Å². The van der Waals surface area contributed by atoms with Gasteiger partial charge in [-0.3, -0.25) is 0 Å². The van der Waals surface area contributed by atoms with E-state index in [4.69, 9.17) is 21.1 Å². The van der Waals surface area contributed by atoms with Crippen LogP contribution in [0.15, 0.2) is 47.4 Å². The van der Waals surface area contributed by atoms with Gasteiger partial charge in [-0.25, -0.2) is 13.1 Å². The number of hydrogen-bond donors (Lipinski definition) is 1. The molecule has 1 aliphatic rings. The van der Waals surface area contributed by atoms with Crippen LogP contribution in [0, 0.1) is 0 Å². The van der Waals surface area contributed by atoms with Gasteiger partial charge in [0.25, 0.3) is 0 Å².